The van der Waals surface area contributed by atoms with E-state index < -0.39 is 0 Å². The number of rotatable bonds is 2. The summed E-state index contributed by atoms with van der Waals surface area (Å²) in [4.78, 5) is 12.0. The molecule has 0 aromatic heterocycles. The van der Waals surface area contributed by atoms with Gasteiger partial charge in [-0.25, -0.2) is 0 Å². The highest BCUT2D eigenvalue weighted by Gasteiger charge is 2.07. The van der Waals surface area contributed by atoms with Gasteiger partial charge in [-0.1, -0.05) is 6.08 Å². The van der Waals surface area contributed by atoms with E-state index in [0.717, 1.165) is 0 Å². The number of carbonyl (C=O) groups is 1. The molecule has 52 valence electrons. The van der Waals surface area contributed by atoms with Crippen molar-refractivity contribution in [2.75, 3.05) is 7.05 Å². The number of nitrogens with zero attached hydrogens (tertiary/aromatic N) is 1. The van der Waals surface area contributed by atoms with Crippen LogP contribution < -0.4 is 0 Å². The van der Waals surface area contributed by atoms with E-state index >= 15 is 0 Å². The molecule has 1 unspecified atom stereocenters. The van der Waals surface area contributed by atoms with Crippen molar-refractivity contribution in [1.82, 2.24) is 4.90 Å². The van der Waals surface area contributed by atoms with Gasteiger partial charge in [0.15, 0.2) is 0 Å². The molecule has 0 heterocycles. The van der Waals surface area contributed by atoms with Gasteiger partial charge in [0.05, 0.1) is 0 Å². The first kappa shape index (κ1) is 8.69. The molecule has 0 aliphatic carbocycles. The zero-order valence-electron chi connectivity index (χ0n) is 5.60. The van der Waals surface area contributed by atoms with Crippen LogP contribution in [0, 0.1) is 0 Å². The summed E-state index contributed by atoms with van der Waals surface area (Å²) in [5.41, 5.74) is 0. The van der Waals surface area contributed by atoms with Crippen LogP contribution in [0.25, 0.3) is 0 Å². The van der Waals surface area contributed by atoms with Crippen molar-refractivity contribution in [1.29, 1.82) is 0 Å². The molecule has 0 saturated heterocycles. The van der Waals surface area contributed by atoms with Gasteiger partial charge in [-0.05, 0) is 6.92 Å². The van der Waals surface area contributed by atoms with Gasteiger partial charge >= 0.3 is 0 Å². The zero-order valence-corrected chi connectivity index (χ0v) is 7.18. The summed E-state index contributed by atoms with van der Waals surface area (Å²) in [7, 11) is 1.71. The van der Waals surface area contributed by atoms with Gasteiger partial charge in [0.25, 0.3) is 4.82 Å². The molecule has 0 aromatic rings. The number of carbonyl (C=O) groups excluding carboxylic acids is 1. The van der Waals surface area contributed by atoms with Crippen LogP contribution in [0.5, 0.6) is 0 Å². The second-order valence-electron chi connectivity index (χ2n) is 1.84. The molecule has 0 saturated carbocycles. The van der Waals surface area contributed by atoms with Crippen LogP contribution in [0.1, 0.15) is 6.92 Å². The average molecular weight is 192 g/mol. The van der Waals surface area contributed by atoms with Crippen molar-refractivity contribution in [2.45, 2.75) is 13.0 Å². The molecule has 0 aliphatic rings. The third-order valence-electron chi connectivity index (χ3n) is 1.23. The monoisotopic (exact) mass is 191 g/mol. The molecule has 3 heteroatoms. The third kappa shape index (κ3) is 2.65. The van der Waals surface area contributed by atoms with E-state index in [4.69, 9.17) is 0 Å². The van der Waals surface area contributed by atoms with E-state index in [1.54, 1.807) is 18.0 Å². The van der Waals surface area contributed by atoms with E-state index in [9.17, 15) is 4.79 Å². The summed E-state index contributed by atoms with van der Waals surface area (Å²) in [6, 6.07) is 0.0943. The first-order valence-electron chi connectivity index (χ1n) is 2.64. The topological polar surface area (TPSA) is 20.3 Å². The van der Waals surface area contributed by atoms with Gasteiger partial charge in [-0.15, -0.1) is 6.58 Å². The molecular weight excluding hydrogens is 182 g/mol. The Kier molecular flexibility index (Phi) is 3.54. The summed E-state index contributed by atoms with van der Waals surface area (Å²) < 4.78 is 0. The minimum absolute atomic E-state index is 0.0943. The molecule has 1 amide bonds. The van der Waals surface area contributed by atoms with E-state index in [1.807, 2.05) is 6.92 Å². The molecular formula is C6H10BrNO. The standard InChI is InChI=1S/C6H10BrNO/c1-4-5(2)8(3)6(7)9/h4-5H,1H2,2-3H3. The Morgan fingerprint density at radius 3 is 2.44 bits per heavy atom. The minimum Gasteiger partial charge on any atom is -0.330 e. The highest BCUT2D eigenvalue weighted by Crippen LogP contribution is 2.01. The largest absolute Gasteiger partial charge is 0.330 e. The highest BCUT2D eigenvalue weighted by molar-refractivity contribution is 9.18. The average Bonchev–Trinajstić information content (AvgIpc) is 1.84. The Labute approximate surface area is 63.7 Å². The van der Waals surface area contributed by atoms with E-state index in [-0.39, 0.29) is 10.9 Å². The lowest BCUT2D eigenvalue weighted by Gasteiger charge is -2.18. The fourth-order valence-corrected chi connectivity index (χ4v) is 0.641. The maximum atomic E-state index is 10.5. The van der Waals surface area contributed by atoms with Gasteiger partial charge in [0.1, 0.15) is 0 Å². The summed E-state index contributed by atoms with van der Waals surface area (Å²) in [5, 5.41) is 0. The first-order chi connectivity index (χ1) is 4.09. The van der Waals surface area contributed by atoms with Crippen LogP contribution in [0.3, 0.4) is 0 Å². The van der Waals surface area contributed by atoms with Crippen LogP contribution >= 0.6 is 15.9 Å². The molecule has 1 atom stereocenters. The molecule has 0 radical (unpaired) electrons. The molecule has 0 spiro atoms. The van der Waals surface area contributed by atoms with Crippen LogP contribution in [-0.4, -0.2) is 22.8 Å². The van der Waals surface area contributed by atoms with Crippen molar-refractivity contribution in [2.24, 2.45) is 0 Å². The smallest absolute Gasteiger partial charge is 0.289 e. The Morgan fingerprint density at radius 1 is 1.89 bits per heavy atom. The lowest BCUT2D eigenvalue weighted by molar-refractivity contribution is 0.228. The van der Waals surface area contributed by atoms with Crippen LogP contribution in [-0.2, 0) is 0 Å². The first-order valence-corrected chi connectivity index (χ1v) is 3.43. The Morgan fingerprint density at radius 2 is 2.33 bits per heavy atom. The number of halogens is 1. The Bertz CT molecular complexity index is 124. The maximum absolute atomic E-state index is 10.5. The van der Waals surface area contributed by atoms with E-state index in [1.165, 1.54) is 0 Å². The van der Waals surface area contributed by atoms with Gasteiger partial charge in [0, 0.05) is 29.0 Å². The number of likely N-dealkylation sites (N-methyl/N-ethyl adjacent to an activating group) is 1. The van der Waals surface area contributed by atoms with Gasteiger partial charge < -0.3 is 4.90 Å². The Balaban J connectivity index is 3.86. The summed E-state index contributed by atoms with van der Waals surface area (Å²) in [5.74, 6) is 0. The fourth-order valence-electron chi connectivity index (χ4n) is 0.318. The van der Waals surface area contributed by atoms with Gasteiger partial charge in [-0.3, -0.25) is 4.79 Å². The number of hydrogen-bond donors (Lipinski definition) is 0. The minimum atomic E-state index is -0.116. The maximum Gasteiger partial charge on any atom is 0.289 e. The fraction of sp³-hybridized carbons (Fsp3) is 0.500. The second-order valence-corrected chi connectivity index (χ2v) is 2.52. The lowest BCUT2D eigenvalue weighted by Crippen LogP contribution is -2.28. The molecule has 0 N–H and O–H groups in total. The highest BCUT2D eigenvalue weighted by atomic mass is 79.9. The predicted molar refractivity (Wildman–Crippen MR) is 41.7 cm³/mol. The summed E-state index contributed by atoms with van der Waals surface area (Å²) >= 11 is 2.82. The number of amides is 1. The van der Waals surface area contributed by atoms with E-state index in [2.05, 4.69) is 22.5 Å². The van der Waals surface area contributed by atoms with Crippen LogP contribution in [0.4, 0.5) is 4.79 Å². The van der Waals surface area contributed by atoms with Gasteiger partial charge in [0.2, 0.25) is 0 Å². The van der Waals surface area contributed by atoms with Gasteiger partial charge in [-0.2, -0.15) is 0 Å². The zero-order chi connectivity index (χ0) is 7.44. The van der Waals surface area contributed by atoms with E-state index in [0.29, 0.717) is 0 Å². The molecule has 0 rings (SSSR count). The SMILES string of the molecule is C=CC(C)N(C)C(=O)Br. The molecule has 0 bridgehead atoms. The van der Waals surface area contributed by atoms with Crippen molar-refractivity contribution in [3.63, 3.8) is 0 Å². The Hall–Kier alpha value is -0.310. The summed E-state index contributed by atoms with van der Waals surface area (Å²) in [6.45, 7) is 5.44. The molecule has 0 fully saturated rings. The molecule has 2 nitrogen and oxygen atoms in total. The number of hydrogen-bond acceptors (Lipinski definition) is 1. The quantitative estimate of drug-likeness (QED) is 0.372. The lowest BCUT2D eigenvalue weighted by atomic mass is 10.3. The molecule has 9 heavy (non-hydrogen) atoms. The van der Waals surface area contributed by atoms with Crippen LogP contribution in [0.2, 0.25) is 0 Å². The predicted octanol–water partition coefficient (Wildman–Crippen LogP) is 2.01. The third-order valence-corrected chi connectivity index (χ3v) is 1.79. The van der Waals surface area contributed by atoms with Crippen LogP contribution in [0.15, 0.2) is 12.7 Å². The normalized spacial score (nSPS) is 12.3. The molecule has 0 aromatic carbocycles. The second kappa shape index (κ2) is 3.67. The van der Waals surface area contributed by atoms with Crippen molar-refractivity contribution < 1.29 is 4.79 Å². The molecule has 0 aliphatic heterocycles. The van der Waals surface area contributed by atoms with Crippen molar-refractivity contribution in [3.05, 3.63) is 12.7 Å². The van der Waals surface area contributed by atoms with Crippen molar-refractivity contribution >= 4 is 20.7 Å². The summed E-state index contributed by atoms with van der Waals surface area (Å²) in [6.07, 6.45) is 1.71. The van der Waals surface area contributed by atoms with Crippen molar-refractivity contribution in [3.8, 4) is 0 Å².